The molecule has 0 aromatic rings. The maximum absolute atomic E-state index is 3.41. The minimum Gasteiger partial charge on any atom is -0.315 e. The summed E-state index contributed by atoms with van der Waals surface area (Å²) in [7, 11) is 2.23. The first-order valence-electron chi connectivity index (χ1n) is 3.79. The molecule has 9 heavy (non-hydrogen) atoms. The Hall–Kier alpha value is -0.0800. The molecule has 0 spiro atoms. The standard InChI is InChI=1S/C7H14N2/c1-9-3-2-6-4-8-5-7(6)9/h6-8H,2-5H2,1H3/t6-,7-/m0/s1. The zero-order valence-corrected chi connectivity index (χ0v) is 5.93. The fourth-order valence-corrected chi connectivity index (χ4v) is 2.06. The number of nitrogens with one attached hydrogen (secondary N) is 1. The number of fused-ring (bicyclic) bond motifs is 1. The van der Waals surface area contributed by atoms with Gasteiger partial charge in [-0.05, 0) is 32.5 Å². The predicted molar refractivity (Wildman–Crippen MR) is 37.4 cm³/mol. The summed E-state index contributed by atoms with van der Waals surface area (Å²) in [4.78, 5) is 2.48. The van der Waals surface area contributed by atoms with E-state index in [1.165, 1.54) is 26.1 Å². The van der Waals surface area contributed by atoms with Gasteiger partial charge in [-0.25, -0.2) is 0 Å². The van der Waals surface area contributed by atoms with E-state index in [9.17, 15) is 0 Å². The number of hydrogen-bond acceptors (Lipinski definition) is 2. The van der Waals surface area contributed by atoms with E-state index in [-0.39, 0.29) is 0 Å². The molecule has 2 fully saturated rings. The molecule has 2 heteroatoms. The van der Waals surface area contributed by atoms with Crippen LogP contribution in [0.15, 0.2) is 0 Å². The molecule has 0 bridgehead atoms. The van der Waals surface area contributed by atoms with Gasteiger partial charge in [-0.2, -0.15) is 0 Å². The zero-order valence-electron chi connectivity index (χ0n) is 5.93. The molecule has 0 aliphatic carbocycles. The summed E-state index contributed by atoms with van der Waals surface area (Å²) in [5.41, 5.74) is 0. The fraction of sp³-hybridized carbons (Fsp3) is 1.00. The van der Waals surface area contributed by atoms with E-state index in [0.717, 1.165) is 12.0 Å². The van der Waals surface area contributed by atoms with Crippen molar-refractivity contribution in [3.63, 3.8) is 0 Å². The zero-order chi connectivity index (χ0) is 6.27. The average molecular weight is 126 g/mol. The molecule has 2 rings (SSSR count). The van der Waals surface area contributed by atoms with Gasteiger partial charge in [0.25, 0.3) is 0 Å². The van der Waals surface area contributed by atoms with Gasteiger partial charge in [0.2, 0.25) is 0 Å². The Morgan fingerprint density at radius 3 is 3.11 bits per heavy atom. The highest BCUT2D eigenvalue weighted by Crippen LogP contribution is 2.24. The van der Waals surface area contributed by atoms with Crippen LogP contribution in [0.5, 0.6) is 0 Å². The van der Waals surface area contributed by atoms with Crippen LogP contribution in [0.4, 0.5) is 0 Å². The van der Waals surface area contributed by atoms with Crippen molar-refractivity contribution in [1.29, 1.82) is 0 Å². The molecule has 2 aliphatic heterocycles. The van der Waals surface area contributed by atoms with Crippen LogP contribution in [0.1, 0.15) is 6.42 Å². The van der Waals surface area contributed by atoms with E-state index in [1.54, 1.807) is 0 Å². The van der Waals surface area contributed by atoms with E-state index in [0.29, 0.717) is 0 Å². The van der Waals surface area contributed by atoms with Crippen molar-refractivity contribution in [3.8, 4) is 0 Å². The van der Waals surface area contributed by atoms with E-state index in [4.69, 9.17) is 0 Å². The third kappa shape index (κ3) is 0.775. The van der Waals surface area contributed by atoms with E-state index >= 15 is 0 Å². The molecule has 52 valence electrons. The minimum absolute atomic E-state index is 0.866. The van der Waals surface area contributed by atoms with E-state index < -0.39 is 0 Å². The molecule has 0 unspecified atom stereocenters. The molecule has 0 amide bonds. The van der Waals surface area contributed by atoms with Crippen LogP contribution in [0.2, 0.25) is 0 Å². The Balaban J connectivity index is 2.07. The smallest absolute Gasteiger partial charge is 0.0258 e. The summed E-state index contributed by atoms with van der Waals surface area (Å²) in [5, 5.41) is 3.41. The van der Waals surface area contributed by atoms with Gasteiger partial charge >= 0.3 is 0 Å². The monoisotopic (exact) mass is 126 g/mol. The van der Waals surface area contributed by atoms with Crippen molar-refractivity contribution >= 4 is 0 Å². The van der Waals surface area contributed by atoms with Crippen molar-refractivity contribution in [2.45, 2.75) is 12.5 Å². The van der Waals surface area contributed by atoms with Gasteiger partial charge in [0.1, 0.15) is 0 Å². The lowest BCUT2D eigenvalue weighted by Crippen LogP contribution is -2.30. The van der Waals surface area contributed by atoms with Gasteiger partial charge in [-0.15, -0.1) is 0 Å². The third-order valence-corrected chi connectivity index (χ3v) is 2.72. The number of likely N-dealkylation sites (tertiary alicyclic amines) is 1. The van der Waals surface area contributed by atoms with Crippen LogP contribution in [0.25, 0.3) is 0 Å². The van der Waals surface area contributed by atoms with Gasteiger partial charge < -0.3 is 10.2 Å². The maximum Gasteiger partial charge on any atom is 0.0258 e. The first kappa shape index (κ1) is 5.69. The molecule has 0 aromatic heterocycles. The first-order valence-corrected chi connectivity index (χ1v) is 3.79. The molecular formula is C7H14N2. The van der Waals surface area contributed by atoms with Crippen molar-refractivity contribution < 1.29 is 0 Å². The quantitative estimate of drug-likeness (QED) is 0.488. The van der Waals surface area contributed by atoms with Crippen LogP contribution in [0.3, 0.4) is 0 Å². The van der Waals surface area contributed by atoms with E-state index in [1.807, 2.05) is 0 Å². The number of nitrogens with zero attached hydrogens (tertiary/aromatic N) is 1. The van der Waals surface area contributed by atoms with E-state index in [2.05, 4.69) is 17.3 Å². The molecule has 1 N–H and O–H groups in total. The Morgan fingerprint density at radius 2 is 2.33 bits per heavy atom. The molecule has 2 aliphatic rings. The fourth-order valence-electron chi connectivity index (χ4n) is 2.06. The van der Waals surface area contributed by atoms with Crippen LogP contribution in [0, 0.1) is 5.92 Å². The number of hydrogen-bond donors (Lipinski definition) is 1. The van der Waals surface area contributed by atoms with Crippen molar-refractivity contribution in [1.82, 2.24) is 10.2 Å². The van der Waals surface area contributed by atoms with Crippen LogP contribution in [-0.4, -0.2) is 37.6 Å². The lowest BCUT2D eigenvalue weighted by molar-refractivity contribution is 0.308. The first-order chi connectivity index (χ1) is 4.38. The summed E-state index contributed by atoms with van der Waals surface area (Å²) in [6.45, 7) is 3.80. The predicted octanol–water partition coefficient (Wildman–Crippen LogP) is -0.0901. The Kier molecular flexibility index (Phi) is 1.24. The highest BCUT2D eigenvalue weighted by atomic mass is 15.2. The minimum atomic E-state index is 0.866. The number of rotatable bonds is 0. The normalized spacial score (nSPS) is 43.7. The summed E-state index contributed by atoms with van der Waals surface area (Å²) >= 11 is 0. The molecular weight excluding hydrogens is 112 g/mol. The second kappa shape index (κ2) is 1.96. The van der Waals surface area contributed by atoms with Gasteiger partial charge in [0.05, 0.1) is 0 Å². The lowest BCUT2D eigenvalue weighted by atomic mass is 10.1. The van der Waals surface area contributed by atoms with Gasteiger partial charge in [-0.1, -0.05) is 0 Å². The molecule has 0 saturated carbocycles. The van der Waals surface area contributed by atoms with Crippen molar-refractivity contribution in [3.05, 3.63) is 0 Å². The second-order valence-electron chi connectivity index (χ2n) is 3.25. The Morgan fingerprint density at radius 1 is 1.44 bits per heavy atom. The topological polar surface area (TPSA) is 15.3 Å². The van der Waals surface area contributed by atoms with Crippen molar-refractivity contribution in [2.75, 3.05) is 26.7 Å². The van der Waals surface area contributed by atoms with Crippen LogP contribution >= 0.6 is 0 Å². The van der Waals surface area contributed by atoms with Crippen molar-refractivity contribution in [2.24, 2.45) is 5.92 Å². The molecule has 2 atom stereocenters. The summed E-state index contributed by atoms with van der Waals surface area (Å²) in [6.07, 6.45) is 1.41. The highest BCUT2D eigenvalue weighted by Gasteiger charge is 2.34. The third-order valence-electron chi connectivity index (χ3n) is 2.72. The molecule has 2 saturated heterocycles. The number of likely N-dealkylation sites (N-methyl/N-ethyl adjacent to an activating group) is 1. The molecule has 0 radical (unpaired) electrons. The molecule has 2 heterocycles. The maximum atomic E-state index is 3.41. The average Bonchev–Trinajstić information content (AvgIpc) is 2.35. The second-order valence-corrected chi connectivity index (χ2v) is 3.25. The highest BCUT2D eigenvalue weighted by molar-refractivity contribution is 4.92. The Bertz CT molecular complexity index is 113. The van der Waals surface area contributed by atoms with Crippen LogP contribution < -0.4 is 5.32 Å². The molecule has 2 nitrogen and oxygen atoms in total. The lowest BCUT2D eigenvalue weighted by Gasteiger charge is -2.16. The molecule has 0 aromatic carbocycles. The van der Waals surface area contributed by atoms with Gasteiger partial charge in [0.15, 0.2) is 0 Å². The summed E-state index contributed by atoms with van der Waals surface area (Å²) in [6, 6.07) is 0.866. The summed E-state index contributed by atoms with van der Waals surface area (Å²) < 4.78 is 0. The van der Waals surface area contributed by atoms with Gasteiger partial charge in [0, 0.05) is 12.6 Å². The SMILES string of the molecule is CN1CC[C@H]2CNC[C@@H]21. The summed E-state index contributed by atoms with van der Waals surface area (Å²) in [5.74, 6) is 0.968. The van der Waals surface area contributed by atoms with Crippen LogP contribution in [-0.2, 0) is 0 Å². The Labute approximate surface area is 56.2 Å². The largest absolute Gasteiger partial charge is 0.315 e. The van der Waals surface area contributed by atoms with Gasteiger partial charge in [-0.3, -0.25) is 0 Å².